The first-order valence-corrected chi connectivity index (χ1v) is 3.70. The van der Waals surface area contributed by atoms with E-state index in [9.17, 15) is 10.1 Å². The lowest BCUT2D eigenvalue weighted by Gasteiger charge is -1.87. The fourth-order valence-corrected chi connectivity index (χ4v) is 0.497. The molecule has 0 aliphatic rings. The zero-order chi connectivity index (χ0) is 9.56. The summed E-state index contributed by atoms with van der Waals surface area (Å²) in [5.74, 6) is 0. The van der Waals surface area contributed by atoms with Crippen LogP contribution < -0.4 is 0 Å². The maximum Gasteiger partial charge on any atom is 0.305 e. The average Bonchev–Trinajstić information content (AvgIpc) is 2.09. The van der Waals surface area contributed by atoms with Crippen LogP contribution in [0.5, 0.6) is 0 Å². The number of nitrogens with zero attached hydrogens (tertiary/aromatic N) is 3. The molecule has 6 heteroatoms. The second kappa shape index (κ2) is 5.42. The van der Waals surface area contributed by atoms with Crippen molar-refractivity contribution in [1.82, 2.24) is 9.97 Å². The topological polar surface area (TPSA) is 68.9 Å². The average molecular weight is 190 g/mol. The van der Waals surface area contributed by atoms with E-state index in [1.54, 1.807) is 0 Å². The number of nitro groups is 1. The monoisotopic (exact) mass is 189 g/mol. The number of aromatic nitrogens is 2. The second-order valence-electron chi connectivity index (χ2n) is 1.47. The summed E-state index contributed by atoms with van der Waals surface area (Å²) >= 11 is 5.27. The summed E-state index contributed by atoms with van der Waals surface area (Å²) in [6.07, 6.45) is 2.10. The summed E-state index contributed by atoms with van der Waals surface area (Å²) in [7, 11) is 0. The van der Waals surface area contributed by atoms with Crippen LogP contribution in [0.3, 0.4) is 0 Å². The number of hydrogen-bond donors (Lipinski definition) is 0. The highest BCUT2D eigenvalue weighted by molar-refractivity contribution is 6.28. The normalized spacial score (nSPS) is 8.25. The minimum Gasteiger partial charge on any atom is -0.258 e. The zero-order valence-corrected chi connectivity index (χ0v) is 7.45. The molecular formula is C6H8ClN3O2. The van der Waals surface area contributed by atoms with Crippen LogP contribution in [-0.4, -0.2) is 14.9 Å². The molecule has 0 aliphatic heterocycles. The van der Waals surface area contributed by atoms with E-state index >= 15 is 0 Å². The van der Waals surface area contributed by atoms with Crippen LogP contribution in [0.4, 0.5) is 5.69 Å². The first kappa shape index (κ1) is 10.8. The molecule has 0 saturated carbocycles. The third-order valence-corrected chi connectivity index (χ3v) is 1.01. The highest BCUT2D eigenvalue weighted by Gasteiger charge is 2.04. The molecule has 0 aromatic carbocycles. The van der Waals surface area contributed by atoms with Crippen molar-refractivity contribution in [2.45, 2.75) is 13.8 Å². The first-order valence-electron chi connectivity index (χ1n) is 3.32. The van der Waals surface area contributed by atoms with Gasteiger partial charge in [0.15, 0.2) is 0 Å². The van der Waals surface area contributed by atoms with E-state index < -0.39 is 4.92 Å². The smallest absolute Gasteiger partial charge is 0.258 e. The summed E-state index contributed by atoms with van der Waals surface area (Å²) in [5.41, 5.74) is -0.163. The molecule has 0 N–H and O–H groups in total. The van der Waals surface area contributed by atoms with Crippen molar-refractivity contribution < 1.29 is 4.92 Å². The highest BCUT2D eigenvalue weighted by Crippen LogP contribution is 2.07. The molecule has 1 heterocycles. The number of hydrogen-bond acceptors (Lipinski definition) is 4. The van der Waals surface area contributed by atoms with Crippen molar-refractivity contribution in [2.24, 2.45) is 0 Å². The Bertz CT molecular complexity index is 249. The summed E-state index contributed by atoms with van der Waals surface area (Å²) in [6.45, 7) is 4.00. The largest absolute Gasteiger partial charge is 0.305 e. The lowest BCUT2D eigenvalue weighted by atomic mass is 10.6. The van der Waals surface area contributed by atoms with E-state index in [1.807, 2.05) is 13.8 Å². The van der Waals surface area contributed by atoms with Gasteiger partial charge in [-0.3, -0.25) is 10.1 Å². The predicted octanol–water partition coefficient (Wildman–Crippen LogP) is 2.06. The maximum absolute atomic E-state index is 9.99. The van der Waals surface area contributed by atoms with Crippen LogP contribution in [0.25, 0.3) is 0 Å². The maximum atomic E-state index is 9.99. The van der Waals surface area contributed by atoms with Gasteiger partial charge in [-0.15, -0.1) is 0 Å². The van der Waals surface area contributed by atoms with Gasteiger partial charge in [-0.2, -0.15) is 0 Å². The van der Waals surface area contributed by atoms with Gasteiger partial charge in [0, 0.05) is 0 Å². The van der Waals surface area contributed by atoms with E-state index in [2.05, 4.69) is 9.97 Å². The van der Waals surface area contributed by atoms with Crippen molar-refractivity contribution in [3.63, 3.8) is 0 Å². The molecule has 0 amide bonds. The molecule has 0 fully saturated rings. The van der Waals surface area contributed by atoms with Gasteiger partial charge in [-0.1, -0.05) is 13.8 Å². The molecule has 0 atom stereocenters. The molecule has 5 nitrogen and oxygen atoms in total. The van der Waals surface area contributed by atoms with E-state index in [-0.39, 0.29) is 11.0 Å². The van der Waals surface area contributed by atoms with Crippen molar-refractivity contribution >= 4 is 17.3 Å². The molecule has 12 heavy (non-hydrogen) atoms. The Kier molecular flexibility index (Phi) is 4.87. The van der Waals surface area contributed by atoms with Gasteiger partial charge in [0.2, 0.25) is 5.28 Å². The Balaban J connectivity index is 0.000000561. The number of rotatable bonds is 1. The van der Waals surface area contributed by atoms with Gasteiger partial charge in [-0.25, -0.2) is 9.97 Å². The van der Waals surface area contributed by atoms with Gasteiger partial charge >= 0.3 is 5.69 Å². The van der Waals surface area contributed by atoms with Crippen LogP contribution in [0.1, 0.15) is 13.8 Å². The van der Waals surface area contributed by atoms with Gasteiger partial charge in [-0.05, 0) is 11.6 Å². The van der Waals surface area contributed by atoms with E-state index in [4.69, 9.17) is 11.6 Å². The Morgan fingerprint density at radius 1 is 1.42 bits per heavy atom. The molecule has 1 aromatic heterocycles. The van der Waals surface area contributed by atoms with Gasteiger partial charge < -0.3 is 0 Å². The molecule has 1 aromatic rings. The highest BCUT2D eigenvalue weighted by atomic mass is 35.5. The van der Waals surface area contributed by atoms with Crippen LogP contribution in [0, 0.1) is 10.1 Å². The van der Waals surface area contributed by atoms with Crippen molar-refractivity contribution in [3.05, 3.63) is 27.8 Å². The van der Waals surface area contributed by atoms with Crippen LogP contribution in [0.2, 0.25) is 5.28 Å². The molecule has 0 spiro atoms. The molecular weight excluding hydrogens is 182 g/mol. The Hall–Kier alpha value is -1.23. The van der Waals surface area contributed by atoms with E-state index in [0.29, 0.717) is 0 Å². The Morgan fingerprint density at radius 2 is 1.83 bits per heavy atom. The molecule has 0 radical (unpaired) electrons. The van der Waals surface area contributed by atoms with Crippen LogP contribution in [-0.2, 0) is 0 Å². The summed E-state index contributed by atoms with van der Waals surface area (Å²) < 4.78 is 0. The third kappa shape index (κ3) is 3.25. The van der Waals surface area contributed by atoms with Gasteiger partial charge in [0.05, 0.1) is 4.92 Å². The Morgan fingerprint density at radius 3 is 2.17 bits per heavy atom. The van der Waals surface area contributed by atoms with Crippen LogP contribution in [0.15, 0.2) is 12.4 Å². The quantitative estimate of drug-likeness (QED) is 0.385. The SMILES string of the molecule is CC.O=[N+]([O-])c1cnc(Cl)nc1. The predicted molar refractivity (Wildman–Crippen MR) is 45.0 cm³/mol. The molecule has 0 unspecified atom stereocenters. The fraction of sp³-hybridized carbons (Fsp3) is 0.333. The number of halogens is 1. The lowest BCUT2D eigenvalue weighted by molar-refractivity contribution is -0.385. The van der Waals surface area contributed by atoms with Gasteiger partial charge in [0.1, 0.15) is 12.4 Å². The fourth-order valence-electron chi connectivity index (χ4n) is 0.400. The molecule has 0 bridgehead atoms. The van der Waals surface area contributed by atoms with Crippen molar-refractivity contribution in [3.8, 4) is 0 Å². The second-order valence-corrected chi connectivity index (χ2v) is 1.81. The summed E-state index contributed by atoms with van der Waals surface area (Å²) in [4.78, 5) is 16.2. The summed E-state index contributed by atoms with van der Waals surface area (Å²) in [5, 5.41) is 10.00. The molecule has 0 saturated heterocycles. The minimum atomic E-state index is -0.587. The van der Waals surface area contributed by atoms with E-state index in [1.165, 1.54) is 0 Å². The van der Waals surface area contributed by atoms with Gasteiger partial charge in [0.25, 0.3) is 0 Å². The standard InChI is InChI=1S/C4H2ClN3O2.C2H6/c5-4-6-1-3(2-7-4)8(9)10;1-2/h1-2H;1-2H3. The molecule has 66 valence electrons. The zero-order valence-electron chi connectivity index (χ0n) is 6.69. The summed E-state index contributed by atoms with van der Waals surface area (Å²) in [6, 6.07) is 0. The van der Waals surface area contributed by atoms with E-state index in [0.717, 1.165) is 12.4 Å². The van der Waals surface area contributed by atoms with Crippen molar-refractivity contribution in [2.75, 3.05) is 0 Å². The molecule has 0 aliphatic carbocycles. The Labute approximate surface area is 74.6 Å². The van der Waals surface area contributed by atoms with Crippen molar-refractivity contribution in [1.29, 1.82) is 0 Å². The lowest BCUT2D eigenvalue weighted by Crippen LogP contribution is -1.90. The third-order valence-electron chi connectivity index (χ3n) is 0.818. The minimum absolute atomic E-state index is 0.00519. The molecule has 1 rings (SSSR count). The van der Waals surface area contributed by atoms with Crippen LogP contribution >= 0.6 is 11.6 Å². The first-order chi connectivity index (χ1) is 5.70.